The van der Waals surface area contributed by atoms with Crippen LogP contribution >= 0.6 is 159 Å². The number of aromatic nitrogens is 9. The van der Waals surface area contributed by atoms with Gasteiger partial charge in [-0.3, -0.25) is 0 Å². The molecule has 9 aliphatic carbocycles. The van der Waals surface area contributed by atoms with E-state index in [1.165, 1.54) is 85.8 Å². The summed E-state index contributed by atoms with van der Waals surface area (Å²) in [6, 6.07) is 10.8. The quantitative estimate of drug-likeness (QED) is 0.0612. The number of nitrogens with zero attached hydrogens (tertiary/aromatic N) is 9. The zero-order valence-electron chi connectivity index (χ0n) is 75.1. The van der Waals surface area contributed by atoms with Crippen LogP contribution in [0.25, 0.3) is 0 Å². The first-order valence-corrected chi connectivity index (χ1v) is 52.5. The molecule has 0 saturated heterocycles. The molecular formula is C101H125Br10F8N9. The molecule has 0 aromatic carbocycles. The van der Waals surface area contributed by atoms with Crippen LogP contribution in [0.5, 0.6) is 0 Å². The first-order chi connectivity index (χ1) is 59.4. The van der Waals surface area contributed by atoms with Crippen molar-refractivity contribution in [3.05, 3.63) is 248 Å². The van der Waals surface area contributed by atoms with Crippen molar-refractivity contribution in [3.8, 4) is 0 Å². The lowest BCUT2D eigenvalue weighted by atomic mass is 9.96. The van der Waals surface area contributed by atoms with Gasteiger partial charge in [-0.2, -0.15) is 13.2 Å². The Hall–Kier alpha value is -3.41. The van der Waals surface area contributed by atoms with Crippen molar-refractivity contribution in [2.75, 3.05) is 0 Å². The van der Waals surface area contributed by atoms with Gasteiger partial charge in [0.05, 0.1) is 11.4 Å². The number of hydrogen-bond acceptors (Lipinski definition) is 9. The van der Waals surface area contributed by atoms with Gasteiger partial charge in [0.1, 0.15) is 58.9 Å². The molecule has 0 unspecified atom stereocenters. The third-order valence-corrected chi connectivity index (χ3v) is 29.2. The normalized spacial score (nSPS) is 16.1. The molecule has 9 aromatic heterocycles. The average Bonchev–Trinajstić information content (AvgIpc) is 1.65. The predicted octanol–water partition coefficient (Wildman–Crippen LogP) is 37.8. The summed E-state index contributed by atoms with van der Waals surface area (Å²) < 4.78 is 116. The van der Waals surface area contributed by atoms with E-state index in [9.17, 15) is 35.1 Å². The first kappa shape index (κ1) is 110. The van der Waals surface area contributed by atoms with Gasteiger partial charge in [-0.25, -0.2) is 66.8 Å². The summed E-state index contributed by atoms with van der Waals surface area (Å²) >= 11 is 33.2. The maximum absolute atomic E-state index is 14.0. The van der Waals surface area contributed by atoms with Crippen LogP contribution < -0.4 is 0 Å². The maximum atomic E-state index is 14.0. The Morgan fingerprint density at radius 1 is 0.250 bits per heavy atom. The number of rotatable bonds is 18. The minimum absolute atomic E-state index is 0. The highest BCUT2D eigenvalue weighted by molar-refractivity contribution is 9.12. The molecule has 128 heavy (non-hydrogen) atoms. The molecule has 0 N–H and O–H groups in total. The second-order valence-electron chi connectivity index (χ2n) is 37.5. The van der Waals surface area contributed by atoms with Gasteiger partial charge in [0.2, 0.25) is 17.8 Å². The molecule has 0 amide bonds. The minimum atomic E-state index is -0.372. The summed E-state index contributed by atoms with van der Waals surface area (Å²) in [5, 5.41) is 0. The number of halogens is 18. The SMILES string of the molecule is C.C.CC(C)c1c(Br)cc(F)nc1C1CC1.CC(C)c1c(Br)ncc(C2CC2)c1F.CC(C)c1c(C2CC2)cc(Br)nc1F.CC(C)c1c(F)cc(Br)nc1C1CC1.CC(C)c1cc(C2CC2)c(Br)nc1Br.CC(C)c1cc(C2CC2)c(Br)nc1F.CC(C)c1cc(F)c(Br)nc1C1CC1.CC(C)c1cnc(Br)c(C2CC2)c1F.CC(C)c1cnc(Br)c(F)c1C1CC1. The van der Waals surface area contributed by atoms with Gasteiger partial charge in [-0.1, -0.05) is 155 Å². The van der Waals surface area contributed by atoms with E-state index >= 15 is 0 Å². The molecule has 0 aliphatic heterocycles. The van der Waals surface area contributed by atoms with E-state index < -0.39 is 0 Å². The molecule has 9 aromatic rings. The Bertz CT molecular complexity index is 4870. The first-order valence-electron chi connectivity index (χ1n) is 44.5. The summed E-state index contributed by atoms with van der Waals surface area (Å²) in [6.07, 6.45) is 26.2. The molecule has 9 saturated carbocycles. The van der Waals surface area contributed by atoms with Crippen LogP contribution in [0.2, 0.25) is 0 Å². The molecule has 9 fully saturated rings. The Morgan fingerprint density at radius 3 is 1.12 bits per heavy atom. The summed E-state index contributed by atoms with van der Waals surface area (Å²) in [4.78, 5) is 37.3. The molecule has 0 spiro atoms. The van der Waals surface area contributed by atoms with Gasteiger partial charge in [0.25, 0.3) is 0 Å². The Morgan fingerprint density at radius 2 is 0.656 bits per heavy atom. The van der Waals surface area contributed by atoms with Gasteiger partial charge >= 0.3 is 0 Å². The molecule has 0 bridgehead atoms. The van der Waals surface area contributed by atoms with Crippen molar-refractivity contribution in [2.24, 2.45) is 0 Å². The van der Waals surface area contributed by atoms with Crippen molar-refractivity contribution in [1.82, 2.24) is 44.9 Å². The Labute approximate surface area is 840 Å². The van der Waals surface area contributed by atoms with Crippen LogP contribution in [-0.2, 0) is 0 Å². The monoisotopic (exact) mass is 2410 g/mol. The second kappa shape index (κ2) is 49.1. The van der Waals surface area contributed by atoms with E-state index in [4.69, 9.17) is 0 Å². The van der Waals surface area contributed by atoms with Crippen LogP contribution in [0.15, 0.2) is 101 Å². The molecule has 9 nitrogen and oxygen atoms in total. The van der Waals surface area contributed by atoms with Crippen LogP contribution in [0.3, 0.4) is 0 Å². The summed E-state index contributed by atoms with van der Waals surface area (Å²) in [6.45, 7) is 36.9. The van der Waals surface area contributed by atoms with Gasteiger partial charge in [0.15, 0.2) is 11.6 Å². The lowest BCUT2D eigenvalue weighted by Crippen LogP contribution is -2.02. The lowest BCUT2D eigenvalue weighted by molar-refractivity contribution is 0.549. The van der Waals surface area contributed by atoms with E-state index in [1.807, 2.05) is 81.4 Å². The highest BCUT2D eigenvalue weighted by Gasteiger charge is 2.38. The highest BCUT2D eigenvalue weighted by atomic mass is 79.9. The highest BCUT2D eigenvalue weighted by Crippen LogP contribution is 2.52. The molecule has 700 valence electrons. The zero-order chi connectivity index (χ0) is 92.6. The minimum Gasteiger partial charge on any atom is -0.249 e. The van der Waals surface area contributed by atoms with Gasteiger partial charge < -0.3 is 0 Å². The summed E-state index contributed by atoms with van der Waals surface area (Å²) in [5.41, 5.74) is 17.6. The molecule has 9 aliphatic rings. The molecule has 9 heterocycles. The van der Waals surface area contributed by atoms with Crippen molar-refractivity contribution < 1.29 is 35.1 Å². The van der Waals surface area contributed by atoms with Crippen molar-refractivity contribution in [3.63, 3.8) is 0 Å². The largest absolute Gasteiger partial charge is 0.249 e. The predicted molar refractivity (Wildman–Crippen MR) is 543 cm³/mol. The van der Waals surface area contributed by atoms with Gasteiger partial charge in [0, 0.05) is 97.6 Å². The van der Waals surface area contributed by atoms with Crippen LogP contribution in [0.4, 0.5) is 35.1 Å². The zero-order valence-corrected chi connectivity index (χ0v) is 91.0. The van der Waals surface area contributed by atoms with Crippen molar-refractivity contribution >= 4 is 159 Å². The fourth-order valence-electron chi connectivity index (χ4n) is 15.2. The average molecular weight is 2420 g/mol. The van der Waals surface area contributed by atoms with Gasteiger partial charge in [-0.15, -0.1) is 0 Å². The van der Waals surface area contributed by atoms with E-state index in [0.29, 0.717) is 103 Å². The van der Waals surface area contributed by atoms with Crippen molar-refractivity contribution in [2.45, 2.75) is 362 Å². The Balaban J connectivity index is 0.000000178. The van der Waals surface area contributed by atoms with E-state index in [1.54, 1.807) is 24.7 Å². The Kier molecular flexibility index (Phi) is 42.1. The van der Waals surface area contributed by atoms with Crippen LogP contribution in [-0.4, -0.2) is 44.9 Å². The molecule has 27 heteroatoms. The number of hydrogen-bond donors (Lipinski definition) is 0. The lowest BCUT2D eigenvalue weighted by Gasteiger charge is -2.13. The van der Waals surface area contributed by atoms with Crippen LogP contribution in [0.1, 0.15) is 462 Å². The molecule has 18 rings (SSSR count). The fourth-order valence-corrected chi connectivity index (χ4v) is 21.0. The second-order valence-corrected chi connectivity index (χ2v) is 45.2. The summed E-state index contributed by atoms with van der Waals surface area (Å²) in [5.74, 6) is 5.74. The third kappa shape index (κ3) is 30.8. The van der Waals surface area contributed by atoms with E-state index in [2.05, 4.69) is 266 Å². The smallest absolute Gasteiger partial charge is 0.217 e. The standard InChI is InChI=1S/C11H13Br2N.8C11H13BrFN.2CH4/c1-6(2)8-5-9(7-3-4-7)11(13)14-10(8)12;1-6(2)10-8(13)5-9(12)14-11(10)7-3-4-7;1-6(2)10-8(12)5-9(13)14-11(10)7-3-4-7;1-6(2)9-10(13)8(7-3-4-7)5-14-11(9)12;1-6(2)10-8(7-3-4-7)5-9(12)14-11(10)13;1-6(2)8-5-14-11(12)9(10(8)13)7-3-4-7;1-6(2)8-5-14-11(12)10(13)9(8)7-3-4-7;1-6(2)8-5-9(13)11(12)14-10(8)7-3-4-7;1-6(2)8-5-9(7-3-4-7)10(12)14-11(8)13;;/h9*5-7H,3-4H2,1-2H3;2*1H4. The van der Waals surface area contributed by atoms with Crippen molar-refractivity contribution in [1.29, 1.82) is 0 Å². The molecule has 0 radical (unpaired) electrons. The summed E-state index contributed by atoms with van der Waals surface area (Å²) in [7, 11) is 0. The van der Waals surface area contributed by atoms with Gasteiger partial charge in [-0.05, 0) is 416 Å². The van der Waals surface area contributed by atoms with E-state index in [0.717, 1.165) is 162 Å². The van der Waals surface area contributed by atoms with E-state index in [-0.39, 0.29) is 91.4 Å². The maximum Gasteiger partial charge on any atom is 0.217 e. The third-order valence-electron chi connectivity index (χ3n) is 23.4. The molecule has 0 atom stereocenters. The fraction of sp³-hybridized carbons (Fsp3) is 0.554. The molecular weight excluding hydrogens is 2290 g/mol. The topological polar surface area (TPSA) is 116 Å². The number of pyridine rings is 9. The van der Waals surface area contributed by atoms with Crippen LogP contribution in [0, 0.1) is 46.9 Å².